The fourth-order valence-corrected chi connectivity index (χ4v) is 3.49. The van der Waals surface area contributed by atoms with Gasteiger partial charge in [0.05, 0.1) is 24.6 Å². The van der Waals surface area contributed by atoms with Gasteiger partial charge in [0.25, 0.3) is 5.56 Å². The van der Waals surface area contributed by atoms with Crippen LogP contribution in [0, 0.1) is 0 Å². The van der Waals surface area contributed by atoms with Gasteiger partial charge in [-0.15, -0.1) is 12.4 Å². The van der Waals surface area contributed by atoms with Gasteiger partial charge in [0.1, 0.15) is 12.1 Å². The van der Waals surface area contributed by atoms with E-state index in [9.17, 15) is 9.90 Å². The number of halogens is 1. The zero-order valence-corrected chi connectivity index (χ0v) is 15.9. The number of rotatable bonds is 4. The van der Waals surface area contributed by atoms with Gasteiger partial charge in [-0.2, -0.15) is 0 Å². The lowest BCUT2D eigenvalue weighted by molar-refractivity contribution is -0.00627. The van der Waals surface area contributed by atoms with Crippen LogP contribution in [0.5, 0.6) is 5.75 Å². The van der Waals surface area contributed by atoms with E-state index in [0.717, 1.165) is 24.5 Å². The van der Waals surface area contributed by atoms with Crippen molar-refractivity contribution in [2.75, 3.05) is 20.2 Å². The van der Waals surface area contributed by atoms with Gasteiger partial charge in [0.2, 0.25) is 0 Å². The van der Waals surface area contributed by atoms with Crippen LogP contribution in [-0.4, -0.2) is 45.0 Å². The quantitative estimate of drug-likeness (QED) is 0.709. The number of piperidine rings is 1. The van der Waals surface area contributed by atoms with Crippen LogP contribution in [0.1, 0.15) is 12.8 Å². The maximum absolute atomic E-state index is 12.9. The zero-order chi connectivity index (χ0) is 18.1. The lowest BCUT2D eigenvalue weighted by Gasteiger charge is -2.32. The molecule has 2 N–H and O–H groups in total. The van der Waals surface area contributed by atoms with Gasteiger partial charge in [0.15, 0.2) is 5.65 Å². The van der Waals surface area contributed by atoms with Gasteiger partial charge >= 0.3 is 0 Å². The second-order valence-electron chi connectivity index (χ2n) is 6.77. The predicted molar refractivity (Wildman–Crippen MR) is 106 cm³/mol. The summed E-state index contributed by atoms with van der Waals surface area (Å²) in [6, 6.07) is 9.36. The van der Waals surface area contributed by atoms with Crippen LogP contribution in [0.15, 0.2) is 47.7 Å². The van der Waals surface area contributed by atoms with Gasteiger partial charge in [-0.25, -0.2) is 4.98 Å². The summed E-state index contributed by atoms with van der Waals surface area (Å²) in [5.74, 6) is 0.774. The number of hydrogen-bond acceptors (Lipinski definition) is 5. The van der Waals surface area contributed by atoms with E-state index in [0.29, 0.717) is 23.9 Å². The van der Waals surface area contributed by atoms with Crippen molar-refractivity contribution in [1.29, 1.82) is 0 Å². The third-order valence-electron chi connectivity index (χ3n) is 5.02. The molecule has 0 aliphatic carbocycles. The van der Waals surface area contributed by atoms with Crippen LogP contribution in [-0.2, 0) is 6.54 Å². The molecule has 0 spiro atoms. The first-order valence-electron chi connectivity index (χ1n) is 8.74. The van der Waals surface area contributed by atoms with Crippen LogP contribution in [0.4, 0.5) is 0 Å². The Hall–Kier alpha value is -2.35. The molecule has 0 amide bonds. The first-order chi connectivity index (χ1) is 12.6. The SMILES string of the molecule is COc1ccc(-n2ccc3c(=O)n(CC4(O)CCNCC4)cnc32)cc1.Cl. The van der Waals surface area contributed by atoms with E-state index in [-0.39, 0.29) is 24.5 Å². The van der Waals surface area contributed by atoms with Crippen molar-refractivity contribution in [3.8, 4) is 11.4 Å². The van der Waals surface area contributed by atoms with E-state index in [2.05, 4.69) is 10.3 Å². The summed E-state index contributed by atoms with van der Waals surface area (Å²) in [7, 11) is 1.63. The summed E-state index contributed by atoms with van der Waals surface area (Å²) in [6.45, 7) is 1.79. The molecule has 0 atom stereocenters. The molecule has 1 aliphatic heterocycles. The first-order valence-corrected chi connectivity index (χ1v) is 8.74. The fraction of sp³-hybridized carbons (Fsp3) is 0.368. The molecule has 0 saturated carbocycles. The Kier molecular flexibility index (Phi) is 5.55. The number of hydrogen-bond donors (Lipinski definition) is 2. The lowest BCUT2D eigenvalue weighted by Crippen LogP contribution is -2.46. The Morgan fingerprint density at radius 2 is 1.93 bits per heavy atom. The summed E-state index contributed by atoms with van der Waals surface area (Å²) in [6.07, 6.45) is 4.63. The highest BCUT2D eigenvalue weighted by Crippen LogP contribution is 2.21. The Morgan fingerprint density at radius 1 is 1.22 bits per heavy atom. The molecule has 3 heterocycles. The number of nitrogens with one attached hydrogen (secondary N) is 1. The van der Waals surface area contributed by atoms with E-state index in [1.54, 1.807) is 13.2 Å². The van der Waals surface area contributed by atoms with Crippen molar-refractivity contribution in [3.05, 3.63) is 53.2 Å². The van der Waals surface area contributed by atoms with Gasteiger partial charge in [0, 0.05) is 11.9 Å². The number of fused-ring (bicyclic) bond motifs is 1. The van der Waals surface area contributed by atoms with Crippen LogP contribution >= 0.6 is 12.4 Å². The molecule has 0 unspecified atom stereocenters. The maximum Gasteiger partial charge on any atom is 0.262 e. The first kappa shape index (κ1) is 19.4. The summed E-state index contributed by atoms with van der Waals surface area (Å²) in [5, 5.41) is 14.5. The third kappa shape index (κ3) is 3.71. The van der Waals surface area contributed by atoms with Crippen molar-refractivity contribution in [1.82, 2.24) is 19.4 Å². The van der Waals surface area contributed by atoms with Crippen molar-refractivity contribution in [2.45, 2.75) is 25.0 Å². The standard InChI is InChI=1S/C19H22N4O3.ClH/c1-26-15-4-2-14(3-5-15)23-11-6-16-17(23)21-13-22(18(16)24)12-19(25)7-9-20-10-8-19;/h2-6,11,13,20,25H,7-10,12H2,1H3;1H. The van der Waals surface area contributed by atoms with Crippen molar-refractivity contribution in [2.24, 2.45) is 0 Å². The largest absolute Gasteiger partial charge is 0.497 e. The number of benzene rings is 1. The third-order valence-corrected chi connectivity index (χ3v) is 5.02. The highest BCUT2D eigenvalue weighted by Gasteiger charge is 2.30. The summed E-state index contributed by atoms with van der Waals surface area (Å²) in [5.41, 5.74) is 0.522. The Labute approximate surface area is 163 Å². The predicted octanol–water partition coefficient (Wildman–Crippen LogP) is 1.73. The average Bonchev–Trinajstić information content (AvgIpc) is 3.09. The lowest BCUT2D eigenvalue weighted by atomic mass is 9.92. The number of nitrogens with zero attached hydrogens (tertiary/aromatic N) is 3. The molecular weight excluding hydrogens is 368 g/mol. The molecule has 2 aromatic heterocycles. The molecule has 1 fully saturated rings. The van der Waals surface area contributed by atoms with E-state index in [4.69, 9.17) is 4.74 Å². The van der Waals surface area contributed by atoms with Crippen molar-refractivity contribution < 1.29 is 9.84 Å². The second-order valence-corrected chi connectivity index (χ2v) is 6.77. The Balaban J connectivity index is 0.00000210. The van der Waals surface area contributed by atoms with Crippen LogP contribution in [0.3, 0.4) is 0 Å². The van der Waals surface area contributed by atoms with E-state index < -0.39 is 5.60 Å². The minimum absolute atomic E-state index is 0. The fourth-order valence-electron chi connectivity index (χ4n) is 3.49. The van der Waals surface area contributed by atoms with Gasteiger partial charge in [-0.1, -0.05) is 0 Å². The minimum Gasteiger partial charge on any atom is -0.497 e. The van der Waals surface area contributed by atoms with Crippen LogP contribution in [0.2, 0.25) is 0 Å². The number of aromatic nitrogens is 3. The number of methoxy groups -OCH3 is 1. The molecular formula is C19H23ClN4O3. The molecule has 1 aromatic carbocycles. The maximum atomic E-state index is 12.9. The van der Waals surface area contributed by atoms with Crippen LogP contribution in [0.25, 0.3) is 16.7 Å². The van der Waals surface area contributed by atoms with Gasteiger partial charge in [-0.05, 0) is 56.3 Å². The second kappa shape index (κ2) is 7.72. The zero-order valence-electron chi connectivity index (χ0n) is 15.1. The van der Waals surface area contributed by atoms with Crippen molar-refractivity contribution >= 4 is 23.4 Å². The molecule has 4 rings (SSSR count). The smallest absolute Gasteiger partial charge is 0.262 e. The molecule has 7 nitrogen and oxygen atoms in total. The highest BCUT2D eigenvalue weighted by molar-refractivity contribution is 5.85. The molecule has 0 bridgehead atoms. The molecule has 8 heteroatoms. The molecule has 1 saturated heterocycles. The highest BCUT2D eigenvalue weighted by atomic mass is 35.5. The summed E-state index contributed by atoms with van der Waals surface area (Å²) in [4.78, 5) is 17.3. The monoisotopic (exact) mass is 390 g/mol. The topological polar surface area (TPSA) is 81.3 Å². The van der Waals surface area contributed by atoms with E-state index in [1.165, 1.54) is 10.9 Å². The van der Waals surface area contributed by atoms with Gasteiger partial charge < -0.3 is 19.7 Å². The average molecular weight is 391 g/mol. The molecule has 3 aromatic rings. The summed E-state index contributed by atoms with van der Waals surface area (Å²) >= 11 is 0. The van der Waals surface area contributed by atoms with Crippen LogP contribution < -0.4 is 15.6 Å². The normalized spacial score (nSPS) is 16.1. The number of aliphatic hydroxyl groups is 1. The molecule has 0 radical (unpaired) electrons. The van der Waals surface area contributed by atoms with E-state index in [1.807, 2.05) is 35.0 Å². The van der Waals surface area contributed by atoms with Crippen molar-refractivity contribution in [3.63, 3.8) is 0 Å². The van der Waals surface area contributed by atoms with Gasteiger partial charge in [-0.3, -0.25) is 9.36 Å². The minimum atomic E-state index is -0.858. The Morgan fingerprint density at radius 3 is 2.59 bits per heavy atom. The number of ether oxygens (including phenoxy) is 1. The summed E-state index contributed by atoms with van der Waals surface area (Å²) < 4.78 is 8.58. The Bertz CT molecular complexity index is 975. The van der Waals surface area contributed by atoms with E-state index >= 15 is 0 Å². The molecule has 27 heavy (non-hydrogen) atoms. The molecule has 144 valence electrons. The molecule has 1 aliphatic rings.